The predicted octanol–water partition coefficient (Wildman–Crippen LogP) is 1.90. The van der Waals surface area contributed by atoms with Crippen LogP contribution in [-0.4, -0.2) is 11.7 Å². The maximum absolute atomic E-state index is 8.84. The number of hydrogen-bond acceptors (Lipinski definition) is 2. The van der Waals surface area contributed by atoms with Gasteiger partial charge in [0.2, 0.25) is 0 Å². The van der Waals surface area contributed by atoms with Crippen molar-refractivity contribution in [1.82, 2.24) is 0 Å². The van der Waals surface area contributed by atoms with Crippen molar-refractivity contribution in [1.29, 1.82) is 0 Å². The van der Waals surface area contributed by atoms with Gasteiger partial charge in [0.05, 0.1) is 0 Å². The normalized spacial score (nSPS) is 30.4. The summed E-state index contributed by atoms with van der Waals surface area (Å²) >= 11 is 6.07. The molecule has 76 valence electrons. The van der Waals surface area contributed by atoms with E-state index in [1.165, 1.54) is 0 Å². The van der Waals surface area contributed by atoms with Gasteiger partial charge in [0.1, 0.15) is 0 Å². The number of rotatable bonds is 3. The molecule has 0 heterocycles. The highest BCUT2D eigenvalue weighted by Crippen LogP contribution is 2.53. The zero-order chi connectivity index (χ0) is 10.2. The maximum Gasteiger partial charge on any atom is 0.0458 e. The van der Waals surface area contributed by atoms with Gasteiger partial charge >= 0.3 is 0 Å². The highest BCUT2D eigenvalue weighted by atomic mass is 35.5. The molecular weight excluding hydrogens is 198 g/mol. The molecule has 0 aromatic heterocycles. The molecule has 1 aromatic rings. The average Bonchev–Trinajstić information content (AvgIpc) is 2.79. The quantitative estimate of drug-likeness (QED) is 0.802. The number of nitrogens with two attached hydrogens (primary N) is 1. The summed E-state index contributed by atoms with van der Waals surface area (Å²) in [6.07, 6.45) is 1.69. The summed E-state index contributed by atoms with van der Waals surface area (Å²) in [5.74, 6) is 0.382. The molecule has 3 N–H and O–H groups in total. The fraction of sp³-hybridized carbons (Fsp3) is 0.455. The van der Waals surface area contributed by atoms with Crippen LogP contribution in [-0.2, 0) is 5.54 Å². The summed E-state index contributed by atoms with van der Waals surface area (Å²) in [5.41, 5.74) is 6.93. The lowest BCUT2D eigenvalue weighted by molar-refractivity contribution is 0.275. The highest BCUT2D eigenvalue weighted by molar-refractivity contribution is 6.31. The van der Waals surface area contributed by atoms with Gasteiger partial charge in [-0.2, -0.15) is 0 Å². The Morgan fingerprint density at radius 3 is 2.86 bits per heavy atom. The van der Waals surface area contributed by atoms with Crippen molar-refractivity contribution in [3.63, 3.8) is 0 Å². The van der Waals surface area contributed by atoms with Crippen LogP contribution in [0.3, 0.4) is 0 Å². The molecule has 2 rings (SSSR count). The van der Waals surface area contributed by atoms with Crippen LogP contribution in [0.1, 0.15) is 18.4 Å². The third kappa shape index (κ3) is 1.54. The lowest BCUT2D eigenvalue weighted by atomic mass is 10.0. The zero-order valence-corrected chi connectivity index (χ0v) is 8.67. The Kier molecular flexibility index (Phi) is 2.52. The second-order valence-corrected chi connectivity index (χ2v) is 4.34. The van der Waals surface area contributed by atoms with Crippen molar-refractivity contribution in [3.8, 4) is 0 Å². The van der Waals surface area contributed by atoms with E-state index in [1.807, 2.05) is 24.3 Å². The minimum absolute atomic E-state index is 0.202. The molecule has 1 fully saturated rings. The van der Waals surface area contributed by atoms with Crippen molar-refractivity contribution in [3.05, 3.63) is 34.9 Å². The Labute approximate surface area is 88.7 Å². The fourth-order valence-corrected chi connectivity index (χ4v) is 2.34. The number of halogens is 1. The Morgan fingerprint density at radius 2 is 2.21 bits per heavy atom. The first-order chi connectivity index (χ1) is 6.68. The molecule has 0 bridgehead atoms. The van der Waals surface area contributed by atoms with E-state index < -0.39 is 0 Å². The first kappa shape index (κ1) is 9.97. The van der Waals surface area contributed by atoms with E-state index in [1.54, 1.807) is 0 Å². The Bertz CT molecular complexity index is 342. The minimum atomic E-state index is -0.291. The first-order valence-electron chi connectivity index (χ1n) is 4.83. The van der Waals surface area contributed by atoms with Gasteiger partial charge in [-0.25, -0.2) is 0 Å². The van der Waals surface area contributed by atoms with E-state index in [2.05, 4.69) is 0 Å². The molecule has 1 saturated carbocycles. The van der Waals surface area contributed by atoms with E-state index in [0.717, 1.165) is 23.4 Å². The van der Waals surface area contributed by atoms with Gasteiger partial charge in [-0.05, 0) is 30.4 Å². The molecule has 0 amide bonds. The molecule has 1 aromatic carbocycles. The molecule has 0 radical (unpaired) electrons. The molecule has 1 aliphatic rings. The van der Waals surface area contributed by atoms with Gasteiger partial charge in [-0.1, -0.05) is 29.8 Å². The van der Waals surface area contributed by atoms with Gasteiger partial charge < -0.3 is 10.8 Å². The number of hydrogen-bond donors (Lipinski definition) is 2. The van der Waals surface area contributed by atoms with Crippen LogP contribution >= 0.6 is 11.6 Å². The van der Waals surface area contributed by atoms with Crippen molar-refractivity contribution in [2.45, 2.75) is 18.4 Å². The molecule has 1 aliphatic carbocycles. The monoisotopic (exact) mass is 211 g/mol. The van der Waals surface area contributed by atoms with Gasteiger partial charge in [0.25, 0.3) is 0 Å². The topological polar surface area (TPSA) is 46.2 Å². The molecule has 0 unspecified atom stereocenters. The lowest BCUT2D eigenvalue weighted by Gasteiger charge is -2.13. The lowest BCUT2D eigenvalue weighted by Crippen LogP contribution is -2.22. The van der Waals surface area contributed by atoms with Crippen molar-refractivity contribution in [2.75, 3.05) is 6.61 Å². The van der Waals surface area contributed by atoms with Crippen LogP contribution in [0, 0.1) is 5.92 Å². The minimum Gasteiger partial charge on any atom is -0.396 e. The third-order valence-electron chi connectivity index (χ3n) is 3.01. The molecule has 2 nitrogen and oxygen atoms in total. The van der Waals surface area contributed by atoms with Crippen LogP contribution in [0.5, 0.6) is 0 Å². The predicted molar refractivity (Wildman–Crippen MR) is 57.1 cm³/mol. The Morgan fingerprint density at radius 1 is 1.50 bits per heavy atom. The molecule has 0 aliphatic heterocycles. The summed E-state index contributed by atoms with van der Waals surface area (Å²) in [6, 6.07) is 7.68. The van der Waals surface area contributed by atoms with E-state index in [9.17, 15) is 0 Å². The van der Waals surface area contributed by atoms with Crippen LogP contribution in [0.15, 0.2) is 24.3 Å². The van der Waals surface area contributed by atoms with Crippen LogP contribution in [0.25, 0.3) is 0 Å². The van der Waals surface area contributed by atoms with Gasteiger partial charge in [0, 0.05) is 17.2 Å². The first-order valence-corrected chi connectivity index (χ1v) is 5.21. The summed E-state index contributed by atoms with van der Waals surface area (Å²) in [4.78, 5) is 0. The van der Waals surface area contributed by atoms with E-state index in [4.69, 9.17) is 22.4 Å². The second kappa shape index (κ2) is 3.54. The van der Waals surface area contributed by atoms with Crippen molar-refractivity contribution in [2.24, 2.45) is 11.7 Å². The largest absolute Gasteiger partial charge is 0.396 e. The molecule has 0 spiro atoms. The number of aliphatic hydroxyl groups excluding tert-OH is 1. The van der Waals surface area contributed by atoms with Crippen molar-refractivity contribution < 1.29 is 5.11 Å². The summed E-state index contributed by atoms with van der Waals surface area (Å²) in [6.45, 7) is 0.202. The number of benzene rings is 1. The SMILES string of the molecule is N[C@]1(c2ccccc2Cl)C[C@H]1CCO. The Hall–Kier alpha value is -0.570. The second-order valence-electron chi connectivity index (χ2n) is 3.93. The van der Waals surface area contributed by atoms with Crippen LogP contribution < -0.4 is 5.73 Å². The van der Waals surface area contributed by atoms with Crippen LogP contribution in [0.4, 0.5) is 0 Å². The fourth-order valence-electron chi connectivity index (χ4n) is 2.03. The average molecular weight is 212 g/mol. The van der Waals surface area contributed by atoms with Gasteiger partial charge in [-0.15, -0.1) is 0 Å². The van der Waals surface area contributed by atoms with Gasteiger partial charge in [0.15, 0.2) is 0 Å². The summed E-state index contributed by atoms with van der Waals surface area (Å²) in [7, 11) is 0. The standard InChI is InChI=1S/C11H14ClNO/c12-10-4-2-1-3-9(10)11(13)7-8(11)5-6-14/h1-4,8,14H,5-7,13H2/t8-,11-/m1/s1. The molecule has 3 heteroatoms. The molecule has 2 atom stereocenters. The van der Waals surface area contributed by atoms with Crippen molar-refractivity contribution >= 4 is 11.6 Å². The highest BCUT2D eigenvalue weighted by Gasteiger charge is 2.52. The van der Waals surface area contributed by atoms with Crippen LogP contribution in [0.2, 0.25) is 5.02 Å². The maximum atomic E-state index is 8.84. The van der Waals surface area contributed by atoms with E-state index >= 15 is 0 Å². The third-order valence-corrected chi connectivity index (χ3v) is 3.34. The zero-order valence-electron chi connectivity index (χ0n) is 7.91. The molecule has 0 saturated heterocycles. The number of aliphatic hydroxyl groups is 1. The summed E-state index contributed by atoms with van der Waals surface area (Å²) < 4.78 is 0. The Balaban J connectivity index is 2.21. The molecule has 14 heavy (non-hydrogen) atoms. The smallest absolute Gasteiger partial charge is 0.0458 e. The van der Waals surface area contributed by atoms with E-state index in [0.29, 0.717) is 5.92 Å². The van der Waals surface area contributed by atoms with Gasteiger partial charge in [-0.3, -0.25) is 0 Å². The summed E-state index contributed by atoms with van der Waals surface area (Å²) in [5, 5.41) is 9.57. The molecular formula is C11H14ClNO. The van der Waals surface area contributed by atoms with E-state index in [-0.39, 0.29) is 12.1 Å².